The molecular weight excluding hydrogens is 279 g/mol. The van der Waals surface area contributed by atoms with Crippen LogP contribution in [0.4, 0.5) is 22.0 Å². The highest BCUT2D eigenvalue weighted by Crippen LogP contribution is 2.23. The van der Waals surface area contributed by atoms with Crippen LogP contribution in [-0.2, 0) is 6.61 Å². The number of hydrogen-bond donors (Lipinski definition) is 0. The molecule has 0 radical (unpaired) electrons. The standard InChI is InChI=1S/C14H9F5O/c1-7-2-3-11(14(19)12(7)17)20-6-8-4-9(15)13(18)10(16)5-8/h2-5H,6H2,1H3. The van der Waals surface area contributed by atoms with Crippen LogP contribution in [0.3, 0.4) is 0 Å². The molecule has 2 rings (SSSR count). The van der Waals surface area contributed by atoms with Gasteiger partial charge in [-0.2, -0.15) is 4.39 Å². The monoisotopic (exact) mass is 288 g/mol. The zero-order valence-electron chi connectivity index (χ0n) is 10.3. The molecule has 6 heteroatoms. The van der Waals surface area contributed by atoms with E-state index in [9.17, 15) is 22.0 Å². The van der Waals surface area contributed by atoms with Crippen molar-refractivity contribution in [3.05, 3.63) is 64.5 Å². The number of benzene rings is 2. The minimum Gasteiger partial charge on any atom is -0.486 e. The van der Waals surface area contributed by atoms with E-state index in [1.165, 1.54) is 19.1 Å². The summed E-state index contributed by atoms with van der Waals surface area (Å²) in [4.78, 5) is 0. The molecule has 0 spiro atoms. The van der Waals surface area contributed by atoms with Gasteiger partial charge in [-0.15, -0.1) is 0 Å². The first-order chi connectivity index (χ1) is 9.40. The second-order valence-electron chi connectivity index (χ2n) is 4.17. The lowest BCUT2D eigenvalue weighted by molar-refractivity contribution is 0.282. The molecule has 106 valence electrons. The lowest BCUT2D eigenvalue weighted by atomic mass is 10.2. The van der Waals surface area contributed by atoms with Crippen LogP contribution < -0.4 is 4.74 Å². The van der Waals surface area contributed by atoms with Crippen molar-refractivity contribution in [2.45, 2.75) is 13.5 Å². The maximum absolute atomic E-state index is 13.5. The van der Waals surface area contributed by atoms with Gasteiger partial charge in [0.2, 0.25) is 5.82 Å². The molecule has 1 nitrogen and oxygen atoms in total. The van der Waals surface area contributed by atoms with E-state index in [4.69, 9.17) is 4.74 Å². The normalized spacial score (nSPS) is 10.7. The molecule has 0 aliphatic carbocycles. The summed E-state index contributed by atoms with van der Waals surface area (Å²) in [7, 11) is 0. The van der Waals surface area contributed by atoms with Crippen molar-refractivity contribution in [1.82, 2.24) is 0 Å². The molecule has 0 aliphatic rings. The molecular formula is C14H9F5O. The van der Waals surface area contributed by atoms with E-state index in [2.05, 4.69) is 0 Å². The maximum atomic E-state index is 13.5. The Kier molecular flexibility index (Phi) is 3.92. The van der Waals surface area contributed by atoms with Crippen LogP contribution in [0.25, 0.3) is 0 Å². The molecule has 0 N–H and O–H groups in total. The molecule has 0 bridgehead atoms. The fraction of sp³-hybridized carbons (Fsp3) is 0.143. The van der Waals surface area contributed by atoms with E-state index in [1.807, 2.05) is 0 Å². The van der Waals surface area contributed by atoms with Crippen molar-refractivity contribution in [1.29, 1.82) is 0 Å². The summed E-state index contributed by atoms with van der Waals surface area (Å²) in [5, 5.41) is 0. The summed E-state index contributed by atoms with van der Waals surface area (Å²) < 4.78 is 70.3. The summed E-state index contributed by atoms with van der Waals surface area (Å²) in [6, 6.07) is 3.95. The average molecular weight is 288 g/mol. The fourth-order valence-electron chi connectivity index (χ4n) is 1.59. The van der Waals surface area contributed by atoms with Crippen LogP contribution in [0.15, 0.2) is 24.3 Å². The van der Waals surface area contributed by atoms with Gasteiger partial charge in [0.15, 0.2) is 29.0 Å². The Bertz CT molecular complexity index is 631. The summed E-state index contributed by atoms with van der Waals surface area (Å²) in [5.74, 6) is -6.98. The Morgan fingerprint density at radius 2 is 1.45 bits per heavy atom. The smallest absolute Gasteiger partial charge is 0.200 e. The molecule has 20 heavy (non-hydrogen) atoms. The van der Waals surface area contributed by atoms with Crippen molar-refractivity contribution in [3.63, 3.8) is 0 Å². The number of hydrogen-bond acceptors (Lipinski definition) is 1. The van der Waals surface area contributed by atoms with E-state index in [1.54, 1.807) is 0 Å². The Balaban J connectivity index is 2.19. The van der Waals surface area contributed by atoms with Gasteiger partial charge in [-0.05, 0) is 36.2 Å². The molecule has 0 amide bonds. The molecule has 2 aromatic carbocycles. The molecule has 2 aromatic rings. The number of rotatable bonds is 3. The third kappa shape index (κ3) is 2.74. The van der Waals surface area contributed by atoms with Crippen LogP contribution in [0, 0.1) is 36.0 Å². The Hall–Kier alpha value is -2.11. The topological polar surface area (TPSA) is 9.23 Å². The fourth-order valence-corrected chi connectivity index (χ4v) is 1.59. The Morgan fingerprint density at radius 3 is 2.05 bits per heavy atom. The van der Waals surface area contributed by atoms with Gasteiger partial charge in [0.05, 0.1) is 0 Å². The highest BCUT2D eigenvalue weighted by atomic mass is 19.2. The SMILES string of the molecule is Cc1ccc(OCc2cc(F)c(F)c(F)c2)c(F)c1F. The summed E-state index contributed by atoms with van der Waals surface area (Å²) in [5.41, 5.74) is 0.0653. The number of ether oxygens (including phenoxy) is 1. The Morgan fingerprint density at radius 1 is 0.850 bits per heavy atom. The second-order valence-corrected chi connectivity index (χ2v) is 4.17. The van der Waals surface area contributed by atoms with E-state index < -0.39 is 41.4 Å². The van der Waals surface area contributed by atoms with Crippen LogP contribution in [-0.4, -0.2) is 0 Å². The van der Waals surface area contributed by atoms with Crippen molar-refractivity contribution >= 4 is 0 Å². The van der Waals surface area contributed by atoms with Gasteiger partial charge in [-0.1, -0.05) is 6.07 Å². The second kappa shape index (κ2) is 5.48. The molecule has 0 heterocycles. The van der Waals surface area contributed by atoms with Gasteiger partial charge in [0, 0.05) is 0 Å². The van der Waals surface area contributed by atoms with Gasteiger partial charge < -0.3 is 4.74 Å². The predicted molar refractivity (Wildman–Crippen MR) is 61.7 cm³/mol. The van der Waals surface area contributed by atoms with Crippen LogP contribution in [0.5, 0.6) is 5.75 Å². The molecule has 0 unspecified atom stereocenters. The van der Waals surface area contributed by atoms with Crippen LogP contribution in [0.2, 0.25) is 0 Å². The highest BCUT2D eigenvalue weighted by molar-refractivity contribution is 5.30. The molecule has 0 aliphatic heterocycles. The largest absolute Gasteiger partial charge is 0.486 e. The maximum Gasteiger partial charge on any atom is 0.200 e. The van der Waals surface area contributed by atoms with Crippen molar-refractivity contribution in [2.24, 2.45) is 0 Å². The lowest BCUT2D eigenvalue weighted by Gasteiger charge is -2.09. The first-order valence-electron chi connectivity index (χ1n) is 5.61. The minimum atomic E-state index is -1.60. The summed E-state index contributed by atoms with van der Waals surface area (Å²) in [6.45, 7) is 0.959. The van der Waals surface area contributed by atoms with Crippen LogP contribution >= 0.6 is 0 Å². The quantitative estimate of drug-likeness (QED) is 0.605. The van der Waals surface area contributed by atoms with Crippen molar-refractivity contribution < 1.29 is 26.7 Å². The molecule has 0 atom stereocenters. The first-order valence-corrected chi connectivity index (χ1v) is 5.61. The van der Waals surface area contributed by atoms with E-state index >= 15 is 0 Å². The number of aryl methyl sites for hydroxylation is 1. The highest BCUT2D eigenvalue weighted by Gasteiger charge is 2.14. The third-order valence-electron chi connectivity index (χ3n) is 2.68. The molecule has 0 aromatic heterocycles. The molecule has 0 fully saturated rings. The van der Waals surface area contributed by atoms with Gasteiger partial charge in [0.1, 0.15) is 6.61 Å². The van der Waals surface area contributed by atoms with Gasteiger partial charge in [0.25, 0.3) is 0 Å². The predicted octanol–water partition coefficient (Wildman–Crippen LogP) is 4.27. The van der Waals surface area contributed by atoms with Gasteiger partial charge >= 0.3 is 0 Å². The minimum absolute atomic E-state index is 0.0400. The third-order valence-corrected chi connectivity index (χ3v) is 2.68. The molecule has 0 saturated carbocycles. The van der Waals surface area contributed by atoms with Crippen molar-refractivity contribution in [2.75, 3.05) is 0 Å². The van der Waals surface area contributed by atoms with Crippen molar-refractivity contribution in [3.8, 4) is 5.75 Å². The van der Waals surface area contributed by atoms with Crippen LogP contribution in [0.1, 0.15) is 11.1 Å². The number of halogens is 5. The van der Waals surface area contributed by atoms with E-state index in [-0.39, 0.29) is 11.1 Å². The summed E-state index contributed by atoms with van der Waals surface area (Å²) in [6.07, 6.45) is 0. The van der Waals surface area contributed by atoms with Gasteiger partial charge in [-0.3, -0.25) is 0 Å². The van der Waals surface area contributed by atoms with E-state index in [0.29, 0.717) is 0 Å². The Labute approximate surface area is 111 Å². The zero-order chi connectivity index (χ0) is 14.9. The lowest BCUT2D eigenvalue weighted by Crippen LogP contribution is -2.02. The average Bonchev–Trinajstić information content (AvgIpc) is 2.41. The summed E-state index contributed by atoms with van der Waals surface area (Å²) >= 11 is 0. The molecule has 0 saturated heterocycles. The van der Waals surface area contributed by atoms with Gasteiger partial charge in [-0.25, -0.2) is 17.6 Å². The van der Waals surface area contributed by atoms with E-state index in [0.717, 1.165) is 12.1 Å². The first kappa shape index (κ1) is 14.3. The zero-order valence-corrected chi connectivity index (χ0v) is 10.3.